The van der Waals surface area contributed by atoms with Crippen LogP contribution in [-0.2, 0) is 4.74 Å². The smallest absolute Gasteiger partial charge is 0.315 e. The lowest BCUT2D eigenvalue weighted by atomic mass is 10.1. The van der Waals surface area contributed by atoms with Gasteiger partial charge in [0.1, 0.15) is 0 Å². The van der Waals surface area contributed by atoms with Gasteiger partial charge >= 0.3 is 6.03 Å². The third kappa shape index (κ3) is 5.76. The van der Waals surface area contributed by atoms with Crippen molar-refractivity contribution in [1.82, 2.24) is 15.5 Å². The molecule has 2 rings (SSSR count). The molecule has 1 atom stereocenters. The third-order valence-electron chi connectivity index (χ3n) is 3.83. The molecular formula is C16H23F2N3O2. The first-order valence-electron chi connectivity index (χ1n) is 7.85. The summed E-state index contributed by atoms with van der Waals surface area (Å²) in [6, 6.07) is 2.90. The molecule has 1 fully saturated rings. The van der Waals surface area contributed by atoms with Crippen LogP contribution in [0.4, 0.5) is 13.6 Å². The van der Waals surface area contributed by atoms with E-state index >= 15 is 0 Å². The molecule has 0 aromatic heterocycles. The predicted octanol–water partition coefficient (Wildman–Crippen LogP) is 2.05. The first kappa shape index (κ1) is 17.6. The minimum Gasteiger partial charge on any atom is -0.379 e. The Hall–Kier alpha value is -1.73. The van der Waals surface area contributed by atoms with Crippen LogP contribution in [0, 0.1) is 11.6 Å². The molecule has 1 aliphatic rings. The Morgan fingerprint density at radius 1 is 1.30 bits per heavy atom. The Labute approximate surface area is 135 Å². The Bertz CT molecular complexity index is 522. The van der Waals surface area contributed by atoms with Gasteiger partial charge in [0.15, 0.2) is 11.6 Å². The molecule has 1 aromatic carbocycles. The van der Waals surface area contributed by atoms with E-state index in [1.54, 1.807) is 6.92 Å². The van der Waals surface area contributed by atoms with E-state index in [2.05, 4.69) is 15.5 Å². The van der Waals surface area contributed by atoms with Gasteiger partial charge in [-0.2, -0.15) is 0 Å². The van der Waals surface area contributed by atoms with Gasteiger partial charge in [0.2, 0.25) is 0 Å². The maximum atomic E-state index is 13.2. The van der Waals surface area contributed by atoms with Crippen molar-refractivity contribution in [1.29, 1.82) is 0 Å². The van der Waals surface area contributed by atoms with Gasteiger partial charge in [-0.15, -0.1) is 0 Å². The second-order valence-electron chi connectivity index (χ2n) is 5.60. The molecule has 1 unspecified atom stereocenters. The van der Waals surface area contributed by atoms with Gasteiger partial charge in [-0.1, -0.05) is 6.07 Å². The van der Waals surface area contributed by atoms with E-state index in [1.165, 1.54) is 6.07 Å². The number of amides is 2. The summed E-state index contributed by atoms with van der Waals surface area (Å²) in [6.45, 7) is 6.59. The number of carbonyl (C=O) groups excluding carboxylic acids is 1. The summed E-state index contributed by atoms with van der Waals surface area (Å²) in [7, 11) is 0. The van der Waals surface area contributed by atoms with Crippen LogP contribution in [0.25, 0.3) is 0 Å². The van der Waals surface area contributed by atoms with Crippen molar-refractivity contribution in [2.75, 3.05) is 39.4 Å². The van der Waals surface area contributed by atoms with Crippen LogP contribution >= 0.6 is 0 Å². The van der Waals surface area contributed by atoms with Crippen LogP contribution in [0.1, 0.15) is 24.9 Å². The van der Waals surface area contributed by atoms with E-state index in [9.17, 15) is 13.6 Å². The third-order valence-corrected chi connectivity index (χ3v) is 3.83. The minimum atomic E-state index is -0.915. The molecule has 2 N–H and O–H groups in total. The average Bonchev–Trinajstić information content (AvgIpc) is 2.55. The maximum Gasteiger partial charge on any atom is 0.315 e. The lowest BCUT2D eigenvalue weighted by molar-refractivity contribution is 0.0375. The summed E-state index contributed by atoms with van der Waals surface area (Å²) in [4.78, 5) is 14.1. The number of halogens is 2. The van der Waals surface area contributed by atoms with Gasteiger partial charge in [0.05, 0.1) is 19.3 Å². The summed E-state index contributed by atoms with van der Waals surface area (Å²) in [5, 5.41) is 5.48. The van der Waals surface area contributed by atoms with Gasteiger partial charge in [-0.05, 0) is 37.6 Å². The highest BCUT2D eigenvalue weighted by molar-refractivity contribution is 5.74. The van der Waals surface area contributed by atoms with Gasteiger partial charge in [0, 0.05) is 19.6 Å². The molecule has 23 heavy (non-hydrogen) atoms. The van der Waals surface area contributed by atoms with Crippen molar-refractivity contribution in [2.24, 2.45) is 0 Å². The van der Waals surface area contributed by atoms with E-state index in [1.807, 2.05) is 0 Å². The molecular weight excluding hydrogens is 304 g/mol. The molecule has 1 aliphatic heterocycles. The predicted molar refractivity (Wildman–Crippen MR) is 83.2 cm³/mol. The average molecular weight is 327 g/mol. The van der Waals surface area contributed by atoms with Gasteiger partial charge in [-0.3, -0.25) is 4.90 Å². The van der Waals surface area contributed by atoms with E-state index in [0.717, 1.165) is 51.4 Å². The van der Waals surface area contributed by atoms with Gasteiger partial charge in [-0.25, -0.2) is 13.6 Å². The number of nitrogens with one attached hydrogen (secondary N) is 2. The fourth-order valence-corrected chi connectivity index (χ4v) is 2.44. The molecule has 7 heteroatoms. The SMILES string of the molecule is CC(NC(=O)NCCCN1CCOCC1)c1ccc(F)c(F)c1. The topological polar surface area (TPSA) is 53.6 Å². The zero-order chi connectivity index (χ0) is 16.7. The van der Waals surface area contributed by atoms with Crippen molar-refractivity contribution in [3.63, 3.8) is 0 Å². The molecule has 0 radical (unpaired) electrons. The first-order chi connectivity index (χ1) is 11.1. The number of ether oxygens (including phenoxy) is 1. The van der Waals surface area contributed by atoms with Crippen molar-refractivity contribution < 1.29 is 18.3 Å². The number of carbonyl (C=O) groups is 1. The Morgan fingerprint density at radius 3 is 2.74 bits per heavy atom. The normalized spacial score (nSPS) is 16.8. The van der Waals surface area contributed by atoms with Crippen LogP contribution in [0.2, 0.25) is 0 Å². The Morgan fingerprint density at radius 2 is 2.04 bits per heavy atom. The van der Waals surface area contributed by atoms with Crippen molar-refractivity contribution in [3.8, 4) is 0 Å². The fourth-order valence-electron chi connectivity index (χ4n) is 2.44. The zero-order valence-corrected chi connectivity index (χ0v) is 13.3. The Kier molecular flexibility index (Phi) is 6.73. The molecule has 1 saturated heterocycles. The molecule has 2 amide bonds. The number of benzene rings is 1. The lowest BCUT2D eigenvalue weighted by Gasteiger charge is -2.26. The molecule has 0 saturated carbocycles. The first-order valence-corrected chi connectivity index (χ1v) is 7.85. The van der Waals surface area contributed by atoms with E-state index in [-0.39, 0.29) is 6.03 Å². The second kappa shape index (κ2) is 8.79. The quantitative estimate of drug-likeness (QED) is 0.786. The van der Waals surface area contributed by atoms with Crippen LogP contribution in [0.5, 0.6) is 0 Å². The molecule has 0 spiro atoms. The molecule has 0 aliphatic carbocycles. The summed E-state index contributed by atoms with van der Waals surface area (Å²) in [5.74, 6) is -1.81. The summed E-state index contributed by atoms with van der Waals surface area (Å²) in [5.41, 5.74) is 0.521. The lowest BCUT2D eigenvalue weighted by Crippen LogP contribution is -2.40. The summed E-state index contributed by atoms with van der Waals surface area (Å²) >= 11 is 0. The highest BCUT2D eigenvalue weighted by atomic mass is 19.2. The molecule has 0 bridgehead atoms. The number of nitrogens with zero attached hydrogens (tertiary/aromatic N) is 1. The summed E-state index contributed by atoms with van der Waals surface area (Å²) in [6.07, 6.45) is 0.854. The number of hydrogen-bond acceptors (Lipinski definition) is 3. The van der Waals surface area contributed by atoms with Crippen molar-refractivity contribution in [3.05, 3.63) is 35.4 Å². The van der Waals surface area contributed by atoms with Crippen LogP contribution in [0.15, 0.2) is 18.2 Å². The zero-order valence-electron chi connectivity index (χ0n) is 13.3. The van der Waals surface area contributed by atoms with E-state index in [0.29, 0.717) is 12.1 Å². The van der Waals surface area contributed by atoms with Gasteiger partial charge in [0.25, 0.3) is 0 Å². The molecule has 5 nitrogen and oxygen atoms in total. The number of morpholine rings is 1. The fraction of sp³-hybridized carbons (Fsp3) is 0.562. The van der Waals surface area contributed by atoms with Crippen LogP contribution in [-0.4, -0.2) is 50.3 Å². The highest BCUT2D eigenvalue weighted by Crippen LogP contribution is 2.15. The van der Waals surface area contributed by atoms with Crippen molar-refractivity contribution >= 4 is 6.03 Å². The maximum absolute atomic E-state index is 13.2. The van der Waals surface area contributed by atoms with Crippen molar-refractivity contribution in [2.45, 2.75) is 19.4 Å². The van der Waals surface area contributed by atoms with Crippen LogP contribution in [0.3, 0.4) is 0 Å². The van der Waals surface area contributed by atoms with Gasteiger partial charge < -0.3 is 15.4 Å². The number of rotatable bonds is 6. The minimum absolute atomic E-state index is 0.316. The van der Waals surface area contributed by atoms with Crippen LogP contribution < -0.4 is 10.6 Å². The highest BCUT2D eigenvalue weighted by Gasteiger charge is 2.12. The number of urea groups is 1. The van der Waals surface area contributed by atoms with E-state index in [4.69, 9.17) is 4.74 Å². The molecule has 1 aromatic rings. The monoisotopic (exact) mass is 327 g/mol. The van der Waals surface area contributed by atoms with E-state index < -0.39 is 17.7 Å². The molecule has 1 heterocycles. The largest absolute Gasteiger partial charge is 0.379 e. The number of hydrogen-bond donors (Lipinski definition) is 2. The second-order valence-corrected chi connectivity index (χ2v) is 5.60. The Balaban J connectivity index is 1.66. The summed E-state index contributed by atoms with van der Waals surface area (Å²) < 4.78 is 31.4. The standard InChI is InChI=1S/C16H23F2N3O2/c1-12(13-3-4-14(17)15(18)11-13)20-16(22)19-5-2-6-21-7-9-23-10-8-21/h3-4,11-12H,2,5-10H2,1H3,(H2,19,20,22). The molecule has 128 valence electrons.